The maximum absolute atomic E-state index is 13.3. The SMILES string of the molecule is CC(=O)N[C@H]1[C@H](O[C@H]2[C@H](O[C@@H]3O[C@@H](C)[C@@H](O)[C@@H](O)[C@@H]3O)[C@@H](NC(C)=O)C(O)O[C@@H]2CO)O[C@H](CO)[C@@H](O[C@@H]2O[C@H](CO[C@H]3O[C@H](CO)[C@@H](O[C@@H]4O[C@H](CO)[C@@H](O)[C@H](O)[C@H]4NC(C)=O)[C@H](O)[C@@H]3O)[C@@H](O)[C@H](O[C@H]3O[C@H](CO)[C@@H](O[C@@H]4O[C@H](CO)[C@@H](O)[C@H](O)[C@H]4NC(C)=O)[C@H](O)[C@@H]3O)[C@@H]2O[C@@H]2OC[C@@H](O)[C@H](O)[C@H]2O)[C@@H]1O. The van der Waals surface area contributed by atoms with Crippen LogP contribution in [0.4, 0.5) is 0 Å². The quantitative estimate of drug-likeness (QED) is 0.0363. The first-order valence-electron chi connectivity index (χ1n) is 34.9. The summed E-state index contributed by atoms with van der Waals surface area (Å²) >= 11 is 0. The van der Waals surface area contributed by atoms with Gasteiger partial charge in [-0.3, -0.25) is 19.2 Å². The minimum atomic E-state index is -2.47. The number of aliphatic hydroxyl groups excluding tert-OH is 23. The fourth-order valence-corrected chi connectivity index (χ4v) is 14.1. The van der Waals surface area contributed by atoms with Crippen molar-refractivity contribution in [1.29, 1.82) is 0 Å². The third-order valence-electron chi connectivity index (χ3n) is 19.9. The van der Waals surface area contributed by atoms with Crippen LogP contribution in [-0.4, -0.2) is 464 Å². The monoisotopic (exact) mass is 1590 g/mol. The van der Waals surface area contributed by atoms with Crippen LogP contribution >= 0.6 is 0 Å². The van der Waals surface area contributed by atoms with E-state index in [1.807, 2.05) is 0 Å². The highest BCUT2D eigenvalue weighted by Crippen LogP contribution is 2.40. The summed E-state index contributed by atoms with van der Waals surface area (Å²) in [5.74, 6) is -3.44. The Labute approximate surface area is 618 Å². The molecule has 4 amide bonds. The van der Waals surface area contributed by atoms with E-state index in [1.54, 1.807) is 0 Å². The highest BCUT2D eigenvalue weighted by atomic mass is 16.8. The number of amides is 4. The molecule has 0 aromatic heterocycles. The Morgan fingerprint density at radius 3 is 1.13 bits per heavy atom. The number of nitrogens with one attached hydrogen (secondary N) is 4. The van der Waals surface area contributed by atoms with Gasteiger partial charge in [-0.1, -0.05) is 0 Å². The van der Waals surface area contributed by atoms with Crippen molar-refractivity contribution in [1.82, 2.24) is 21.3 Å². The molecule has 0 saturated carbocycles. The molecule has 0 spiro atoms. The number of aliphatic hydroxyl groups is 23. The fourth-order valence-electron chi connectivity index (χ4n) is 14.1. The van der Waals surface area contributed by atoms with Crippen LogP contribution in [-0.2, 0) is 99.7 Å². The lowest BCUT2D eigenvalue weighted by Gasteiger charge is -2.52. The molecule has 109 heavy (non-hydrogen) atoms. The number of hydrogen-bond donors (Lipinski definition) is 27. The second kappa shape index (κ2) is 38.8. The Balaban J connectivity index is 1.07. The molecule has 0 aromatic carbocycles. The zero-order valence-electron chi connectivity index (χ0n) is 58.9. The lowest BCUT2D eigenvalue weighted by atomic mass is 9.93. The smallest absolute Gasteiger partial charge is 0.217 e. The Morgan fingerprint density at radius 2 is 0.642 bits per heavy atom. The van der Waals surface area contributed by atoms with Crippen LogP contribution in [0, 0.1) is 0 Å². The molecule has 48 heteroatoms. The summed E-state index contributed by atoms with van der Waals surface area (Å²) < 4.78 is 102. The number of ether oxygens (including phenoxy) is 17. The van der Waals surface area contributed by atoms with Gasteiger partial charge < -0.3 is 219 Å². The average molecular weight is 1600 g/mol. The van der Waals surface area contributed by atoms with Crippen molar-refractivity contribution in [3.63, 3.8) is 0 Å². The van der Waals surface area contributed by atoms with Crippen molar-refractivity contribution in [3.8, 4) is 0 Å². The van der Waals surface area contributed by atoms with Crippen molar-refractivity contribution < 1.29 is 217 Å². The second-order valence-electron chi connectivity index (χ2n) is 27.7. The summed E-state index contributed by atoms with van der Waals surface area (Å²) in [6.45, 7) is -3.25. The first kappa shape index (κ1) is 89.2. The summed E-state index contributed by atoms with van der Waals surface area (Å²) in [5, 5.41) is 266. The van der Waals surface area contributed by atoms with Crippen LogP contribution in [0.5, 0.6) is 0 Å². The standard InChI is InChI=1S/C61H102N4O44/c1-14-31(77)39(85)43(89)59(95-14)107-50-30(65-18(5)75)53(92)96-25(11-71)49(50)106-56-29(64-17(4)74)38(84)46(22(8-68)99-56)105-61-52(109-58-42(88)32(78)19(76)12-93-58)51(108-60-45(91)41(87)48(24(10-70)101-60)104-55-28(63-16(3)73)37(83)34(80)21(7-67)98-55)35(81)26(102-61)13-94-57-44(90)40(86)47(23(9-69)100-57)103-54-27(62-15(2)72)36(82)33(79)20(6-66)97-54/h14,19-61,66-71,76-92H,6-13H2,1-5H3,(H,62,72)(H,63,73)(H,64,74)(H,65,75)/t14-,19+,20+,21+,22+,23+,24+,25+,26+,27+,28+,29+,30+,31+,32-,33+,34+,35+,36+,37+,38+,39+,40+,41+,42+,43-,44-,45-,46+,47+,48+,49+,50+,51-,52-,53?,54-,55-,56-,57-,58-,59-,60+,61-/m0/s1. The summed E-state index contributed by atoms with van der Waals surface area (Å²) in [5.41, 5.74) is 0. The second-order valence-corrected chi connectivity index (χ2v) is 27.7. The molecule has 0 bridgehead atoms. The van der Waals surface area contributed by atoms with E-state index in [2.05, 4.69) is 21.3 Å². The van der Waals surface area contributed by atoms with Crippen molar-refractivity contribution in [2.45, 2.75) is 305 Å². The van der Waals surface area contributed by atoms with Crippen molar-refractivity contribution in [2.24, 2.45) is 0 Å². The van der Waals surface area contributed by atoms with E-state index in [-0.39, 0.29) is 0 Å². The van der Waals surface area contributed by atoms with Gasteiger partial charge in [-0.25, -0.2) is 0 Å². The number of carbonyl (C=O) groups excluding carboxylic acids is 4. The number of carbonyl (C=O) groups is 4. The van der Waals surface area contributed by atoms with Crippen LogP contribution in [0.1, 0.15) is 34.6 Å². The van der Waals surface area contributed by atoms with Crippen LogP contribution in [0.25, 0.3) is 0 Å². The summed E-state index contributed by atoms with van der Waals surface area (Å²) in [6.07, 6.45) is -81.4. The predicted octanol–water partition coefficient (Wildman–Crippen LogP) is -18.4. The first-order valence-corrected chi connectivity index (χ1v) is 34.9. The van der Waals surface area contributed by atoms with Gasteiger partial charge in [0.2, 0.25) is 23.6 Å². The lowest BCUT2D eigenvalue weighted by molar-refractivity contribution is -0.408. The maximum atomic E-state index is 13.3. The molecule has 630 valence electrons. The van der Waals surface area contributed by atoms with Gasteiger partial charge in [-0.05, 0) is 6.92 Å². The molecule has 0 aliphatic carbocycles. The van der Waals surface area contributed by atoms with Gasteiger partial charge in [0.25, 0.3) is 0 Å². The molecule has 0 radical (unpaired) electrons. The first-order chi connectivity index (χ1) is 51.5. The Hall–Kier alpha value is -3.72. The molecule has 9 heterocycles. The highest BCUT2D eigenvalue weighted by Gasteiger charge is 2.61. The fraction of sp³-hybridized carbons (Fsp3) is 0.934. The number of rotatable bonds is 27. The molecule has 1 unspecified atom stereocenters. The van der Waals surface area contributed by atoms with Gasteiger partial charge in [0.15, 0.2) is 56.6 Å². The molecular weight excluding hydrogens is 1490 g/mol. The average Bonchev–Trinajstić information content (AvgIpc) is 0.757. The minimum Gasteiger partial charge on any atom is -0.394 e. The summed E-state index contributed by atoms with van der Waals surface area (Å²) in [7, 11) is 0. The molecule has 48 nitrogen and oxygen atoms in total. The molecule has 9 fully saturated rings. The topological polar surface area (TPSA) is 739 Å². The molecule has 9 saturated heterocycles. The zero-order valence-corrected chi connectivity index (χ0v) is 58.9. The van der Waals surface area contributed by atoms with Gasteiger partial charge in [0.05, 0.1) is 59.0 Å². The molecule has 0 aromatic rings. The largest absolute Gasteiger partial charge is 0.394 e. The van der Waals surface area contributed by atoms with Crippen LogP contribution in [0.2, 0.25) is 0 Å². The number of hydrogen-bond acceptors (Lipinski definition) is 44. The molecule has 9 aliphatic heterocycles. The molecular formula is C61H102N4O44. The van der Waals surface area contributed by atoms with E-state index in [1.165, 1.54) is 6.92 Å². The zero-order chi connectivity index (χ0) is 80.2. The van der Waals surface area contributed by atoms with Gasteiger partial charge in [0, 0.05) is 27.7 Å². The highest BCUT2D eigenvalue weighted by molar-refractivity contribution is 5.74. The van der Waals surface area contributed by atoms with Gasteiger partial charge in [0.1, 0.15) is 207 Å². The molecule has 44 atom stereocenters. The molecule has 9 rings (SSSR count). The van der Waals surface area contributed by atoms with Crippen molar-refractivity contribution in [2.75, 3.05) is 52.9 Å². The minimum absolute atomic E-state index is 0.793. The Kier molecular flexibility index (Phi) is 31.8. The van der Waals surface area contributed by atoms with E-state index in [0.717, 1.165) is 27.7 Å². The van der Waals surface area contributed by atoms with E-state index >= 15 is 0 Å². The predicted molar refractivity (Wildman–Crippen MR) is 336 cm³/mol. The molecule has 9 aliphatic rings. The van der Waals surface area contributed by atoms with E-state index in [9.17, 15) is 137 Å². The summed E-state index contributed by atoms with van der Waals surface area (Å²) in [4.78, 5) is 50.6. The van der Waals surface area contributed by atoms with Gasteiger partial charge in [-0.15, -0.1) is 0 Å². The maximum Gasteiger partial charge on any atom is 0.217 e. The summed E-state index contributed by atoms with van der Waals surface area (Å²) in [6, 6.07) is -7.10. The Bertz CT molecular complexity index is 2890. The van der Waals surface area contributed by atoms with Gasteiger partial charge >= 0.3 is 0 Å². The third kappa shape index (κ3) is 19.9. The normalized spacial score (nSPS) is 49.2. The van der Waals surface area contributed by atoms with Crippen LogP contribution < -0.4 is 21.3 Å². The van der Waals surface area contributed by atoms with E-state index in [4.69, 9.17) is 80.5 Å². The van der Waals surface area contributed by atoms with E-state index < -0.39 is 346 Å². The third-order valence-corrected chi connectivity index (χ3v) is 19.9. The van der Waals surface area contributed by atoms with Crippen LogP contribution in [0.3, 0.4) is 0 Å². The van der Waals surface area contributed by atoms with Crippen molar-refractivity contribution in [3.05, 3.63) is 0 Å². The lowest BCUT2D eigenvalue weighted by Crippen LogP contribution is -2.71. The van der Waals surface area contributed by atoms with Crippen molar-refractivity contribution >= 4 is 23.6 Å². The van der Waals surface area contributed by atoms with E-state index in [0.29, 0.717) is 0 Å². The van der Waals surface area contributed by atoms with Crippen LogP contribution in [0.15, 0.2) is 0 Å². The Morgan fingerprint density at radius 1 is 0.294 bits per heavy atom. The van der Waals surface area contributed by atoms with Gasteiger partial charge in [-0.2, -0.15) is 0 Å². The molecule has 27 N–H and O–H groups in total.